The molecule has 2 aromatic rings. The standard InChI is InChI=1S/2C13H21NOS.ClH/c2*1-12(2,15)13(11-4-9-16-10-11)5-7-14(3)8-6-13;/h2*4,9-10,15H,5-8H2,1-3H3;1H. The molecule has 0 aromatic carbocycles. The molecule has 0 bridgehead atoms. The van der Waals surface area contributed by atoms with Crippen LogP contribution in [0.25, 0.3) is 0 Å². The highest BCUT2D eigenvalue weighted by Gasteiger charge is 2.47. The van der Waals surface area contributed by atoms with Gasteiger partial charge in [0.05, 0.1) is 11.2 Å². The van der Waals surface area contributed by atoms with Gasteiger partial charge in [0.15, 0.2) is 0 Å². The molecule has 0 saturated carbocycles. The quantitative estimate of drug-likeness (QED) is 0.574. The van der Waals surface area contributed by atoms with E-state index in [-0.39, 0.29) is 23.2 Å². The molecule has 0 spiro atoms. The Kier molecular flexibility index (Phi) is 9.65. The Bertz CT molecular complexity index is 739. The second-order valence-corrected chi connectivity index (χ2v) is 12.5. The van der Waals surface area contributed by atoms with E-state index in [4.69, 9.17) is 0 Å². The maximum atomic E-state index is 10.5. The van der Waals surface area contributed by atoms with Gasteiger partial charge in [-0.25, -0.2) is 0 Å². The van der Waals surface area contributed by atoms with Gasteiger partial charge < -0.3 is 20.0 Å². The van der Waals surface area contributed by atoms with Crippen molar-refractivity contribution in [2.45, 2.75) is 75.4 Å². The number of hydrogen-bond donors (Lipinski definition) is 2. The van der Waals surface area contributed by atoms with Crippen LogP contribution in [0, 0.1) is 0 Å². The first-order valence-corrected chi connectivity index (χ1v) is 13.7. The van der Waals surface area contributed by atoms with Crippen LogP contribution in [0.5, 0.6) is 0 Å². The lowest BCUT2D eigenvalue weighted by Gasteiger charge is -2.48. The van der Waals surface area contributed by atoms with E-state index < -0.39 is 11.2 Å². The van der Waals surface area contributed by atoms with Gasteiger partial charge in [0.2, 0.25) is 0 Å². The Hall–Kier alpha value is -0.470. The first kappa shape index (κ1) is 28.8. The fraction of sp³-hybridized carbons (Fsp3) is 0.692. The zero-order chi connectivity index (χ0) is 23.6. The fourth-order valence-corrected chi connectivity index (χ4v) is 7.09. The molecule has 0 amide bonds. The maximum absolute atomic E-state index is 10.5. The normalized spacial score (nSPS) is 21.6. The molecule has 0 unspecified atom stereocenters. The van der Waals surface area contributed by atoms with Gasteiger partial charge >= 0.3 is 0 Å². The van der Waals surface area contributed by atoms with E-state index in [0.29, 0.717) is 0 Å². The summed E-state index contributed by atoms with van der Waals surface area (Å²) in [7, 11) is 4.31. The molecule has 0 atom stereocenters. The molecule has 4 rings (SSSR count). The van der Waals surface area contributed by atoms with Crippen LogP contribution in [0.4, 0.5) is 0 Å². The molecule has 2 saturated heterocycles. The van der Waals surface area contributed by atoms with Crippen LogP contribution in [0.3, 0.4) is 0 Å². The average Bonchev–Trinajstić information content (AvgIpc) is 3.43. The van der Waals surface area contributed by atoms with Gasteiger partial charge in [-0.05, 0) is 138 Å². The summed E-state index contributed by atoms with van der Waals surface area (Å²) in [5, 5.41) is 29.7. The molecule has 7 heteroatoms. The molecular weight excluding hydrogens is 472 g/mol. The van der Waals surface area contributed by atoms with Crippen LogP contribution in [-0.2, 0) is 10.8 Å². The van der Waals surface area contributed by atoms with E-state index in [1.807, 2.05) is 27.7 Å². The summed E-state index contributed by atoms with van der Waals surface area (Å²) in [5.74, 6) is 0. The Morgan fingerprint density at radius 2 is 1.00 bits per heavy atom. The molecule has 2 aromatic heterocycles. The van der Waals surface area contributed by atoms with Gasteiger partial charge in [0.25, 0.3) is 0 Å². The average molecular weight is 515 g/mol. The van der Waals surface area contributed by atoms with E-state index in [1.54, 1.807) is 22.7 Å². The summed E-state index contributed by atoms with van der Waals surface area (Å²) < 4.78 is 0. The van der Waals surface area contributed by atoms with E-state index in [1.165, 1.54) is 11.1 Å². The van der Waals surface area contributed by atoms with Gasteiger partial charge in [0, 0.05) is 10.8 Å². The predicted octanol–water partition coefficient (Wildman–Crippen LogP) is 5.39. The molecule has 4 heterocycles. The Morgan fingerprint density at radius 3 is 1.21 bits per heavy atom. The van der Waals surface area contributed by atoms with Gasteiger partial charge in [-0.1, -0.05) is 0 Å². The Morgan fingerprint density at radius 1 is 0.697 bits per heavy atom. The van der Waals surface area contributed by atoms with E-state index >= 15 is 0 Å². The lowest BCUT2D eigenvalue weighted by Crippen LogP contribution is -2.53. The molecule has 2 aliphatic heterocycles. The number of aliphatic hydroxyl groups is 2. The Labute approximate surface area is 215 Å². The largest absolute Gasteiger partial charge is 0.390 e. The summed E-state index contributed by atoms with van der Waals surface area (Å²) in [6, 6.07) is 4.35. The van der Waals surface area contributed by atoms with Gasteiger partial charge in [-0.2, -0.15) is 22.7 Å². The minimum Gasteiger partial charge on any atom is -0.390 e. The second-order valence-electron chi connectivity index (χ2n) is 10.9. The summed E-state index contributed by atoms with van der Waals surface area (Å²) in [6.07, 6.45) is 4.18. The number of nitrogens with zero attached hydrogens (tertiary/aromatic N) is 2. The third-order valence-corrected chi connectivity index (χ3v) is 9.54. The lowest BCUT2D eigenvalue weighted by molar-refractivity contribution is -0.0362. The van der Waals surface area contributed by atoms with Crippen LogP contribution in [-0.4, -0.2) is 71.5 Å². The predicted molar refractivity (Wildman–Crippen MR) is 145 cm³/mol. The van der Waals surface area contributed by atoms with E-state index in [9.17, 15) is 10.2 Å². The first-order chi connectivity index (χ1) is 14.9. The lowest BCUT2D eigenvalue weighted by atomic mass is 9.64. The van der Waals surface area contributed by atoms with Crippen molar-refractivity contribution in [3.05, 3.63) is 44.8 Å². The molecule has 4 nitrogen and oxygen atoms in total. The van der Waals surface area contributed by atoms with Crippen molar-refractivity contribution in [3.8, 4) is 0 Å². The maximum Gasteiger partial charge on any atom is 0.0689 e. The van der Waals surface area contributed by atoms with Crippen molar-refractivity contribution in [1.82, 2.24) is 9.80 Å². The number of thiophene rings is 2. The smallest absolute Gasteiger partial charge is 0.0689 e. The van der Waals surface area contributed by atoms with Crippen molar-refractivity contribution < 1.29 is 10.2 Å². The second kappa shape index (κ2) is 11.1. The fourth-order valence-electron chi connectivity index (χ4n) is 5.58. The summed E-state index contributed by atoms with van der Waals surface area (Å²) >= 11 is 3.45. The monoisotopic (exact) mass is 514 g/mol. The number of halogens is 1. The van der Waals surface area contributed by atoms with E-state index in [2.05, 4.69) is 57.5 Å². The molecule has 33 heavy (non-hydrogen) atoms. The molecule has 0 aliphatic carbocycles. The summed E-state index contributed by atoms with van der Waals surface area (Å²) in [6.45, 7) is 12.1. The van der Waals surface area contributed by atoms with Crippen molar-refractivity contribution in [1.29, 1.82) is 0 Å². The van der Waals surface area contributed by atoms with E-state index in [0.717, 1.165) is 51.9 Å². The number of piperidine rings is 2. The Balaban J connectivity index is 0.000000227. The number of likely N-dealkylation sites (tertiary alicyclic amines) is 2. The third kappa shape index (κ3) is 6.03. The van der Waals surface area contributed by atoms with Crippen LogP contribution >= 0.6 is 35.1 Å². The molecule has 2 fully saturated rings. The van der Waals surface area contributed by atoms with Gasteiger partial charge in [0.1, 0.15) is 0 Å². The molecule has 0 radical (unpaired) electrons. The molecular formula is C26H43ClN2O2S2. The van der Waals surface area contributed by atoms with Crippen LogP contribution < -0.4 is 0 Å². The molecule has 188 valence electrons. The summed E-state index contributed by atoms with van der Waals surface area (Å²) in [5.41, 5.74) is 1.24. The molecule has 2 aliphatic rings. The third-order valence-electron chi connectivity index (χ3n) is 8.17. The minimum absolute atomic E-state index is 0. The van der Waals surface area contributed by atoms with Gasteiger partial charge in [-0.3, -0.25) is 0 Å². The SMILES string of the molecule is CN1CCC(c2ccsc2)(C(C)(C)O)CC1.CN1CCC(c2ccsc2)(C(C)(C)O)CC1.Cl. The van der Waals surface area contributed by atoms with Crippen molar-refractivity contribution in [2.75, 3.05) is 40.3 Å². The number of rotatable bonds is 4. The highest BCUT2D eigenvalue weighted by atomic mass is 35.5. The van der Waals surface area contributed by atoms with Gasteiger partial charge in [-0.15, -0.1) is 12.4 Å². The first-order valence-electron chi connectivity index (χ1n) is 11.8. The summed E-state index contributed by atoms with van der Waals surface area (Å²) in [4.78, 5) is 4.69. The van der Waals surface area contributed by atoms with Crippen LogP contribution in [0.2, 0.25) is 0 Å². The van der Waals surface area contributed by atoms with Crippen molar-refractivity contribution >= 4 is 35.1 Å². The van der Waals surface area contributed by atoms with Crippen LogP contribution in [0.1, 0.15) is 64.5 Å². The van der Waals surface area contributed by atoms with Crippen LogP contribution in [0.15, 0.2) is 33.7 Å². The van der Waals surface area contributed by atoms with Crippen molar-refractivity contribution in [3.63, 3.8) is 0 Å². The number of hydrogen-bond acceptors (Lipinski definition) is 6. The topological polar surface area (TPSA) is 46.9 Å². The zero-order valence-electron chi connectivity index (χ0n) is 21.1. The highest BCUT2D eigenvalue weighted by molar-refractivity contribution is 7.08. The minimum atomic E-state index is -0.644. The molecule has 2 N–H and O–H groups in total. The van der Waals surface area contributed by atoms with Crippen molar-refractivity contribution in [2.24, 2.45) is 0 Å². The highest BCUT2D eigenvalue weighted by Crippen LogP contribution is 2.45. The zero-order valence-corrected chi connectivity index (χ0v) is 23.6.